The van der Waals surface area contributed by atoms with Crippen molar-refractivity contribution in [3.8, 4) is 5.69 Å². The first kappa shape index (κ1) is 22.3. The van der Waals surface area contributed by atoms with Crippen LogP contribution in [0, 0.1) is 6.92 Å². The molecule has 3 aromatic rings. The Kier molecular flexibility index (Phi) is 6.95. The quantitative estimate of drug-likeness (QED) is 0.504. The standard InChI is InChI=1S/C20H26N8O2S/c1-13-17(18(30)28(27(13)4)14-8-6-5-7-9-14)24-16(29)10-11-31-12-15-22-19(21)25-20(23-15)26(2)3/h5-9H,10-12H2,1-4H3,(H,24,29)(H2,21,22,23,25). The summed E-state index contributed by atoms with van der Waals surface area (Å²) < 4.78 is 3.27. The molecule has 0 spiro atoms. The number of nitrogen functional groups attached to an aromatic ring is 1. The summed E-state index contributed by atoms with van der Waals surface area (Å²) in [5.41, 5.74) is 7.18. The van der Waals surface area contributed by atoms with Crippen LogP contribution in [0.15, 0.2) is 35.1 Å². The molecule has 0 saturated heterocycles. The van der Waals surface area contributed by atoms with E-state index in [-0.39, 0.29) is 23.8 Å². The first-order chi connectivity index (χ1) is 14.8. The van der Waals surface area contributed by atoms with Crippen LogP contribution in [0.25, 0.3) is 5.69 Å². The van der Waals surface area contributed by atoms with Crippen LogP contribution in [0.1, 0.15) is 17.9 Å². The molecule has 1 aromatic carbocycles. The van der Waals surface area contributed by atoms with E-state index in [0.717, 1.165) is 5.69 Å². The van der Waals surface area contributed by atoms with Crippen molar-refractivity contribution in [2.75, 3.05) is 35.8 Å². The van der Waals surface area contributed by atoms with Gasteiger partial charge in [-0.1, -0.05) is 18.2 Å². The second-order valence-electron chi connectivity index (χ2n) is 7.09. The molecule has 3 N–H and O–H groups in total. The predicted molar refractivity (Wildman–Crippen MR) is 124 cm³/mol. The number of carbonyl (C=O) groups excluding carboxylic acids is 1. The van der Waals surface area contributed by atoms with Gasteiger partial charge in [0.05, 0.1) is 17.1 Å². The highest BCUT2D eigenvalue weighted by Crippen LogP contribution is 2.16. The van der Waals surface area contributed by atoms with Crippen LogP contribution in [0.4, 0.5) is 17.6 Å². The largest absolute Gasteiger partial charge is 0.368 e. The van der Waals surface area contributed by atoms with Gasteiger partial charge in [-0.25, -0.2) is 4.68 Å². The fraction of sp³-hybridized carbons (Fsp3) is 0.350. The van der Waals surface area contributed by atoms with E-state index in [1.807, 2.05) is 44.4 Å². The summed E-state index contributed by atoms with van der Waals surface area (Å²) in [6, 6.07) is 9.30. The lowest BCUT2D eigenvalue weighted by Crippen LogP contribution is -2.23. The van der Waals surface area contributed by atoms with Crippen LogP contribution in [0.2, 0.25) is 0 Å². The monoisotopic (exact) mass is 442 g/mol. The summed E-state index contributed by atoms with van der Waals surface area (Å²) in [5, 5.41) is 2.77. The highest BCUT2D eigenvalue weighted by atomic mass is 32.2. The van der Waals surface area contributed by atoms with Crippen molar-refractivity contribution in [3.63, 3.8) is 0 Å². The lowest BCUT2D eigenvalue weighted by molar-refractivity contribution is -0.115. The first-order valence-corrected chi connectivity index (χ1v) is 10.8. The van der Waals surface area contributed by atoms with Crippen molar-refractivity contribution in [3.05, 3.63) is 52.2 Å². The van der Waals surface area contributed by atoms with Crippen LogP contribution < -0.4 is 21.5 Å². The van der Waals surface area contributed by atoms with E-state index >= 15 is 0 Å². The molecule has 3 rings (SSSR count). The number of rotatable bonds is 8. The Morgan fingerprint density at radius 3 is 2.58 bits per heavy atom. The Hall–Kier alpha value is -3.34. The minimum atomic E-state index is -0.260. The van der Waals surface area contributed by atoms with E-state index in [1.54, 1.807) is 23.6 Å². The van der Waals surface area contributed by atoms with Crippen LogP contribution in [0.3, 0.4) is 0 Å². The Morgan fingerprint density at radius 1 is 1.19 bits per heavy atom. The molecule has 0 fully saturated rings. The fourth-order valence-electron chi connectivity index (χ4n) is 2.93. The molecular weight excluding hydrogens is 416 g/mol. The summed E-state index contributed by atoms with van der Waals surface area (Å²) in [7, 11) is 5.44. The Balaban J connectivity index is 1.59. The zero-order valence-corrected chi connectivity index (χ0v) is 18.8. The topological polar surface area (TPSA) is 124 Å². The van der Waals surface area contributed by atoms with Crippen molar-refractivity contribution in [2.45, 2.75) is 19.1 Å². The number of nitrogens with one attached hydrogen (secondary N) is 1. The maximum absolute atomic E-state index is 12.9. The molecule has 2 heterocycles. The third kappa shape index (κ3) is 5.23. The average molecular weight is 443 g/mol. The molecule has 2 aromatic heterocycles. The molecule has 0 bridgehead atoms. The molecule has 0 aliphatic rings. The van der Waals surface area contributed by atoms with E-state index < -0.39 is 0 Å². The van der Waals surface area contributed by atoms with Crippen LogP contribution >= 0.6 is 11.8 Å². The number of nitrogens with zero attached hydrogens (tertiary/aromatic N) is 6. The summed E-state index contributed by atoms with van der Waals surface area (Å²) in [6.07, 6.45) is 0.255. The van der Waals surface area contributed by atoms with Gasteiger partial charge >= 0.3 is 0 Å². The number of para-hydroxylation sites is 1. The van der Waals surface area contributed by atoms with Crippen molar-refractivity contribution >= 4 is 35.3 Å². The van der Waals surface area contributed by atoms with Crippen molar-refractivity contribution in [1.82, 2.24) is 24.3 Å². The van der Waals surface area contributed by atoms with Crippen LogP contribution in [-0.2, 0) is 17.6 Å². The Labute approximate surface area is 184 Å². The van der Waals surface area contributed by atoms with Crippen molar-refractivity contribution in [2.24, 2.45) is 7.05 Å². The van der Waals surface area contributed by atoms with E-state index in [2.05, 4.69) is 20.3 Å². The predicted octanol–water partition coefficient (Wildman–Crippen LogP) is 1.58. The first-order valence-electron chi connectivity index (χ1n) is 9.67. The number of carbonyl (C=O) groups is 1. The maximum atomic E-state index is 12.9. The highest BCUT2D eigenvalue weighted by Gasteiger charge is 2.18. The fourth-order valence-corrected chi connectivity index (χ4v) is 3.72. The number of aromatic nitrogens is 5. The van der Waals surface area contributed by atoms with E-state index in [1.165, 1.54) is 16.4 Å². The van der Waals surface area contributed by atoms with E-state index in [9.17, 15) is 9.59 Å². The number of anilines is 3. The van der Waals surface area contributed by atoms with Gasteiger partial charge in [0.25, 0.3) is 5.56 Å². The lowest BCUT2D eigenvalue weighted by Gasteiger charge is -2.11. The van der Waals surface area contributed by atoms with Crippen molar-refractivity contribution < 1.29 is 4.79 Å². The molecule has 0 atom stereocenters. The van der Waals surface area contributed by atoms with Gasteiger partial charge in [0.2, 0.25) is 17.8 Å². The van der Waals surface area contributed by atoms with Gasteiger partial charge in [0.15, 0.2) is 0 Å². The summed E-state index contributed by atoms with van der Waals surface area (Å²) in [4.78, 5) is 39.6. The number of nitrogens with two attached hydrogens (primary N) is 1. The molecule has 11 heteroatoms. The molecule has 1 amide bonds. The number of hydrogen-bond donors (Lipinski definition) is 2. The van der Waals surface area contributed by atoms with E-state index in [4.69, 9.17) is 5.73 Å². The minimum absolute atomic E-state index is 0.168. The number of benzene rings is 1. The van der Waals surface area contributed by atoms with Gasteiger partial charge < -0.3 is 16.0 Å². The summed E-state index contributed by atoms with van der Waals surface area (Å²) in [5.74, 6) is 2.06. The molecule has 0 aliphatic heterocycles. The highest BCUT2D eigenvalue weighted by molar-refractivity contribution is 7.98. The van der Waals surface area contributed by atoms with Crippen LogP contribution in [0.5, 0.6) is 0 Å². The third-order valence-electron chi connectivity index (χ3n) is 4.61. The number of thioether (sulfide) groups is 1. The zero-order valence-electron chi connectivity index (χ0n) is 18.0. The number of amides is 1. The molecule has 0 unspecified atom stereocenters. The smallest absolute Gasteiger partial charge is 0.295 e. The molecule has 0 saturated carbocycles. The van der Waals surface area contributed by atoms with Gasteiger partial charge in [-0.2, -0.15) is 26.7 Å². The average Bonchev–Trinajstić information content (AvgIpc) is 2.94. The van der Waals surface area contributed by atoms with Gasteiger partial charge in [-0.05, 0) is 19.1 Å². The van der Waals surface area contributed by atoms with Crippen molar-refractivity contribution in [1.29, 1.82) is 0 Å². The number of hydrogen-bond acceptors (Lipinski definition) is 8. The van der Waals surface area contributed by atoms with E-state index in [0.29, 0.717) is 34.7 Å². The molecule has 0 aliphatic carbocycles. The maximum Gasteiger partial charge on any atom is 0.295 e. The SMILES string of the molecule is Cc1c(NC(=O)CCSCc2nc(N)nc(N(C)C)n2)c(=O)n(-c2ccccc2)n1C. The second-order valence-corrected chi connectivity index (χ2v) is 8.20. The minimum Gasteiger partial charge on any atom is -0.368 e. The second kappa shape index (κ2) is 9.65. The summed E-state index contributed by atoms with van der Waals surface area (Å²) in [6.45, 7) is 1.80. The van der Waals surface area contributed by atoms with Gasteiger partial charge in [0, 0.05) is 33.3 Å². The Bertz CT molecular complexity index is 1120. The molecule has 0 radical (unpaired) electrons. The normalized spacial score (nSPS) is 10.8. The molecule has 31 heavy (non-hydrogen) atoms. The Morgan fingerprint density at radius 2 is 1.90 bits per heavy atom. The lowest BCUT2D eigenvalue weighted by atomic mass is 10.3. The van der Waals surface area contributed by atoms with Gasteiger partial charge in [0.1, 0.15) is 11.5 Å². The summed E-state index contributed by atoms with van der Waals surface area (Å²) >= 11 is 1.51. The van der Waals surface area contributed by atoms with Gasteiger partial charge in [-0.15, -0.1) is 0 Å². The third-order valence-corrected chi connectivity index (χ3v) is 5.57. The molecule has 10 nitrogen and oxygen atoms in total. The zero-order chi connectivity index (χ0) is 22.5. The molecule has 164 valence electrons. The van der Waals surface area contributed by atoms with Gasteiger partial charge in [-0.3, -0.25) is 14.3 Å². The van der Waals surface area contributed by atoms with Crippen LogP contribution in [-0.4, -0.2) is 50.1 Å². The molecular formula is C20H26N8O2S.